The summed E-state index contributed by atoms with van der Waals surface area (Å²) in [5.74, 6) is -3.19. The van der Waals surface area contributed by atoms with E-state index in [9.17, 15) is 28.8 Å². The summed E-state index contributed by atoms with van der Waals surface area (Å²) in [6.45, 7) is 4.45. The van der Waals surface area contributed by atoms with Gasteiger partial charge in [0.2, 0.25) is 29.5 Å². The van der Waals surface area contributed by atoms with Gasteiger partial charge in [-0.25, -0.2) is 0 Å². The maximum absolute atomic E-state index is 12.8. The van der Waals surface area contributed by atoms with Crippen LogP contribution in [0.2, 0.25) is 0 Å². The zero-order valence-corrected chi connectivity index (χ0v) is 20.5. The van der Waals surface area contributed by atoms with E-state index in [1.54, 1.807) is 20.8 Å². The highest BCUT2D eigenvalue weighted by Crippen LogP contribution is 2.13. The number of likely N-dealkylation sites (N-methyl/N-ethyl adjacent to an activating group) is 3. The lowest BCUT2D eigenvalue weighted by Gasteiger charge is -2.28. The number of ketones is 1. The molecule has 0 saturated carbocycles. The van der Waals surface area contributed by atoms with Crippen LogP contribution in [0.4, 0.5) is 0 Å². The van der Waals surface area contributed by atoms with E-state index in [1.807, 2.05) is 0 Å². The first-order chi connectivity index (χ1) is 15.4. The first kappa shape index (κ1) is 28.1. The van der Waals surface area contributed by atoms with Crippen molar-refractivity contribution in [2.75, 3.05) is 40.8 Å². The first-order valence-corrected chi connectivity index (χ1v) is 11.3. The number of hydrogen-bond acceptors (Lipinski definition) is 6. The van der Waals surface area contributed by atoms with E-state index in [1.165, 1.54) is 35.8 Å². The standard InChI is InChI=1S/C22H37N5O6/c1-7-14-10-15(28)11-25(4)21(32)16(8-2)23-19(30)13-27(6)22(33)17(9-3)24-18(29)12-26(5)20(14)31/h14,16-17H,7-13H2,1-6H3,(H,23,30)(H,24,29)/t14-,16+,17+/m1/s1. The van der Waals surface area contributed by atoms with Crippen LogP contribution in [-0.4, -0.2) is 103 Å². The molecule has 1 aliphatic heterocycles. The van der Waals surface area contributed by atoms with Crippen molar-refractivity contribution >= 4 is 35.3 Å². The summed E-state index contributed by atoms with van der Waals surface area (Å²) in [5, 5.41) is 5.22. The molecule has 1 rings (SSSR count). The molecule has 3 atom stereocenters. The molecule has 0 aliphatic carbocycles. The largest absolute Gasteiger partial charge is 0.343 e. The highest BCUT2D eigenvalue weighted by molar-refractivity contribution is 5.95. The van der Waals surface area contributed by atoms with Crippen LogP contribution >= 0.6 is 0 Å². The Morgan fingerprint density at radius 3 is 1.42 bits per heavy atom. The van der Waals surface area contributed by atoms with Gasteiger partial charge in [-0.1, -0.05) is 20.8 Å². The molecule has 0 bridgehead atoms. The summed E-state index contributed by atoms with van der Waals surface area (Å²) >= 11 is 0. The number of carbonyl (C=O) groups is 6. The number of nitrogens with zero attached hydrogens (tertiary/aromatic N) is 3. The zero-order chi connectivity index (χ0) is 25.3. The van der Waals surface area contributed by atoms with Crippen LogP contribution in [0.5, 0.6) is 0 Å². The van der Waals surface area contributed by atoms with Crippen molar-refractivity contribution in [2.24, 2.45) is 5.92 Å². The summed E-state index contributed by atoms with van der Waals surface area (Å²) < 4.78 is 0. The van der Waals surface area contributed by atoms with Crippen molar-refractivity contribution in [1.82, 2.24) is 25.3 Å². The van der Waals surface area contributed by atoms with Gasteiger partial charge in [0.05, 0.1) is 19.6 Å². The van der Waals surface area contributed by atoms with Gasteiger partial charge in [-0.15, -0.1) is 0 Å². The molecule has 2 N–H and O–H groups in total. The van der Waals surface area contributed by atoms with Crippen LogP contribution in [0, 0.1) is 5.92 Å². The molecule has 0 aromatic carbocycles. The Bertz CT molecular complexity index is 671. The Morgan fingerprint density at radius 1 is 0.636 bits per heavy atom. The van der Waals surface area contributed by atoms with Crippen molar-refractivity contribution in [3.63, 3.8) is 0 Å². The maximum Gasteiger partial charge on any atom is 0.245 e. The van der Waals surface area contributed by atoms with Crippen LogP contribution < -0.4 is 10.6 Å². The predicted molar refractivity (Wildman–Crippen MR) is 121 cm³/mol. The molecular formula is C22H37N5O6. The Kier molecular flexibility index (Phi) is 11.0. The fraction of sp³-hybridized carbons (Fsp3) is 0.727. The smallest absolute Gasteiger partial charge is 0.245 e. The molecule has 0 aromatic rings. The van der Waals surface area contributed by atoms with Crippen LogP contribution in [-0.2, 0) is 28.8 Å². The van der Waals surface area contributed by atoms with Crippen molar-refractivity contribution in [3.05, 3.63) is 0 Å². The highest BCUT2D eigenvalue weighted by Gasteiger charge is 2.30. The third-order valence-electron chi connectivity index (χ3n) is 5.70. The molecule has 1 aliphatic rings. The molecule has 186 valence electrons. The minimum Gasteiger partial charge on any atom is -0.343 e. The molecule has 0 aromatic heterocycles. The summed E-state index contributed by atoms with van der Waals surface area (Å²) in [6, 6.07) is -1.72. The van der Waals surface area contributed by atoms with E-state index in [2.05, 4.69) is 10.6 Å². The lowest BCUT2D eigenvalue weighted by Crippen LogP contribution is -2.54. The van der Waals surface area contributed by atoms with Gasteiger partial charge in [0, 0.05) is 33.5 Å². The van der Waals surface area contributed by atoms with Crippen molar-refractivity contribution < 1.29 is 28.8 Å². The van der Waals surface area contributed by atoms with Gasteiger partial charge in [-0.05, 0) is 19.3 Å². The van der Waals surface area contributed by atoms with Crippen LogP contribution in [0.3, 0.4) is 0 Å². The van der Waals surface area contributed by atoms with Gasteiger partial charge in [-0.2, -0.15) is 0 Å². The number of rotatable bonds is 3. The molecule has 1 saturated heterocycles. The third kappa shape index (κ3) is 8.14. The normalized spacial score (nSPS) is 25.5. The molecule has 0 spiro atoms. The lowest BCUT2D eigenvalue weighted by molar-refractivity contribution is -0.143. The molecule has 1 fully saturated rings. The second-order valence-corrected chi connectivity index (χ2v) is 8.49. The average Bonchev–Trinajstić information content (AvgIpc) is 2.76. The number of amides is 5. The van der Waals surface area contributed by atoms with Gasteiger partial charge in [0.1, 0.15) is 12.1 Å². The Morgan fingerprint density at radius 2 is 1.03 bits per heavy atom. The molecule has 5 amide bonds. The van der Waals surface area contributed by atoms with Gasteiger partial charge in [0.25, 0.3) is 0 Å². The highest BCUT2D eigenvalue weighted by atomic mass is 16.2. The van der Waals surface area contributed by atoms with E-state index in [0.29, 0.717) is 19.3 Å². The minimum absolute atomic E-state index is 0.0665. The molecular weight excluding hydrogens is 430 g/mol. The molecule has 33 heavy (non-hydrogen) atoms. The Labute approximate surface area is 195 Å². The number of nitrogens with one attached hydrogen (secondary N) is 2. The SMILES string of the molecule is CC[C@@H]1CC(=O)CN(C)C(=O)[C@H](CC)NC(=O)CN(C)C(=O)[C@H](CC)NC(=O)CN(C)C1=O. The number of Topliss-reactive ketones (excluding diaryl/α,β-unsaturated/α-hetero) is 1. The van der Waals surface area contributed by atoms with Gasteiger partial charge in [0.15, 0.2) is 5.78 Å². The lowest BCUT2D eigenvalue weighted by atomic mass is 9.97. The summed E-state index contributed by atoms with van der Waals surface area (Å²) in [7, 11) is 4.37. The van der Waals surface area contributed by atoms with E-state index in [-0.39, 0.29) is 37.7 Å². The van der Waals surface area contributed by atoms with Gasteiger partial charge in [-0.3, -0.25) is 28.8 Å². The second kappa shape index (κ2) is 12.9. The first-order valence-electron chi connectivity index (χ1n) is 11.3. The summed E-state index contributed by atoms with van der Waals surface area (Å²) in [6.07, 6.45) is 0.919. The maximum atomic E-state index is 12.8. The van der Waals surface area contributed by atoms with Gasteiger partial charge < -0.3 is 25.3 Å². The Balaban J connectivity index is 3.20. The third-order valence-corrected chi connectivity index (χ3v) is 5.70. The van der Waals surface area contributed by atoms with Crippen molar-refractivity contribution in [3.8, 4) is 0 Å². The van der Waals surface area contributed by atoms with Crippen molar-refractivity contribution in [2.45, 2.75) is 58.5 Å². The Hall–Kier alpha value is -2.98. The van der Waals surface area contributed by atoms with Crippen LogP contribution in [0.25, 0.3) is 0 Å². The quantitative estimate of drug-likeness (QED) is 0.555. The number of hydrogen-bond donors (Lipinski definition) is 2. The molecule has 0 radical (unpaired) electrons. The molecule has 11 nitrogen and oxygen atoms in total. The predicted octanol–water partition coefficient (Wildman–Crippen LogP) is -0.850. The minimum atomic E-state index is -0.865. The van der Waals surface area contributed by atoms with Gasteiger partial charge >= 0.3 is 0 Å². The molecule has 11 heteroatoms. The van der Waals surface area contributed by atoms with E-state index in [4.69, 9.17) is 0 Å². The zero-order valence-electron chi connectivity index (χ0n) is 20.5. The fourth-order valence-electron chi connectivity index (χ4n) is 3.68. The van der Waals surface area contributed by atoms with Crippen LogP contribution in [0.15, 0.2) is 0 Å². The van der Waals surface area contributed by atoms with E-state index >= 15 is 0 Å². The van der Waals surface area contributed by atoms with E-state index in [0.717, 1.165) is 0 Å². The number of carbonyl (C=O) groups excluding carboxylic acids is 6. The second-order valence-electron chi connectivity index (χ2n) is 8.49. The monoisotopic (exact) mass is 467 g/mol. The summed E-state index contributed by atoms with van der Waals surface area (Å²) in [4.78, 5) is 79.5. The average molecular weight is 468 g/mol. The molecule has 0 unspecified atom stereocenters. The van der Waals surface area contributed by atoms with Crippen molar-refractivity contribution in [1.29, 1.82) is 0 Å². The summed E-state index contributed by atoms with van der Waals surface area (Å²) in [5.41, 5.74) is 0. The molecule has 1 heterocycles. The fourth-order valence-corrected chi connectivity index (χ4v) is 3.68. The topological polar surface area (TPSA) is 136 Å². The van der Waals surface area contributed by atoms with Crippen LogP contribution in [0.1, 0.15) is 46.5 Å². The van der Waals surface area contributed by atoms with E-state index < -0.39 is 41.6 Å².